The molecule has 124 valence electrons. The number of hydrogen-bond donors (Lipinski definition) is 3. The standard InChI is InChI=1S/C17H23N3O3/c1-12-13(2)23-16(19-12)11-18-17(22)20-15(9-6-10-21)14-7-4-3-5-8-14/h3-5,7-8,15,21H,6,9-11H2,1-2H3,(H2,18,20,22). The van der Waals surface area contributed by atoms with Gasteiger partial charge in [-0.3, -0.25) is 0 Å². The Bertz CT molecular complexity index is 606. The molecule has 0 radical (unpaired) electrons. The Morgan fingerprint density at radius 1 is 1.30 bits per heavy atom. The summed E-state index contributed by atoms with van der Waals surface area (Å²) in [5.74, 6) is 1.24. The predicted octanol–water partition coefficient (Wildman–Crippen LogP) is 2.60. The lowest BCUT2D eigenvalue weighted by Gasteiger charge is -2.19. The fraction of sp³-hybridized carbons (Fsp3) is 0.412. The van der Waals surface area contributed by atoms with Crippen LogP contribution in [0.5, 0.6) is 0 Å². The van der Waals surface area contributed by atoms with Crippen LogP contribution in [0.25, 0.3) is 0 Å². The molecule has 0 fully saturated rings. The first kappa shape index (κ1) is 17.0. The van der Waals surface area contributed by atoms with Crippen molar-refractivity contribution in [2.75, 3.05) is 6.61 Å². The largest absolute Gasteiger partial charge is 0.444 e. The Morgan fingerprint density at radius 2 is 2.04 bits per heavy atom. The van der Waals surface area contributed by atoms with Gasteiger partial charge < -0.3 is 20.2 Å². The lowest BCUT2D eigenvalue weighted by molar-refractivity contribution is 0.231. The highest BCUT2D eigenvalue weighted by Crippen LogP contribution is 2.18. The fourth-order valence-corrected chi connectivity index (χ4v) is 2.28. The number of amides is 2. The van der Waals surface area contributed by atoms with E-state index in [0.717, 1.165) is 17.0 Å². The normalized spacial score (nSPS) is 12.0. The quantitative estimate of drug-likeness (QED) is 0.732. The highest BCUT2D eigenvalue weighted by molar-refractivity contribution is 5.74. The second kappa shape index (κ2) is 8.33. The number of oxazole rings is 1. The van der Waals surface area contributed by atoms with E-state index in [4.69, 9.17) is 9.52 Å². The summed E-state index contributed by atoms with van der Waals surface area (Å²) < 4.78 is 5.43. The van der Waals surface area contributed by atoms with Crippen molar-refractivity contribution in [3.8, 4) is 0 Å². The Morgan fingerprint density at radius 3 is 2.65 bits per heavy atom. The molecule has 1 aromatic heterocycles. The summed E-state index contributed by atoms with van der Waals surface area (Å²) in [5, 5.41) is 14.7. The Balaban J connectivity index is 1.91. The van der Waals surface area contributed by atoms with E-state index in [2.05, 4.69) is 15.6 Å². The van der Waals surface area contributed by atoms with Crippen molar-refractivity contribution in [3.63, 3.8) is 0 Å². The molecule has 1 heterocycles. The maximum atomic E-state index is 12.1. The van der Waals surface area contributed by atoms with Gasteiger partial charge in [0.05, 0.1) is 18.3 Å². The molecule has 6 heteroatoms. The van der Waals surface area contributed by atoms with Gasteiger partial charge in [0.2, 0.25) is 5.89 Å². The van der Waals surface area contributed by atoms with Crippen LogP contribution in [-0.2, 0) is 6.54 Å². The zero-order valence-electron chi connectivity index (χ0n) is 13.5. The van der Waals surface area contributed by atoms with E-state index >= 15 is 0 Å². The van der Waals surface area contributed by atoms with E-state index < -0.39 is 0 Å². The minimum atomic E-state index is -0.287. The molecule has 0 bridgehead atoms. The van der Waals surface area contributed by atoms with Crippen LogP contribution in [0.4, 0.5) is 4.79 Å². The van der Waals surface area contributed by atoms with Gasteiger partial charge in [-0.05, 0) is 32.3 Å². The van der Waals surface area contributed by atoms with Crippen LogP contribution in [0.3, 0.4) is 0 Å². The molecule has 2 rings (SSSR count). The maximum Gasteiger partial charge on any atom is 0.315 e. The highest BCUT2D eigenvalue weighted by atomic mass is 16.4. The second-order valence-corrected chi connectivity index (χ2v) is 5.41. The summed E-state index contributed by atoms with van der Waals surface area (Å²) in [6, 6.07) is 9.28. The van der Waals surface area contributed by atoms with Gasteiger partial charge in [-0.15, -0.1) is 0 Å². The van der Waals surface area contributed by atoms with Crippen LogP contribution < -0.4 is 10.6 Å². The van der Waals surface area contributed by atoms with E-state index in [0.29, 0.717) is 18.7 Å². The molecule has 6 nitrogen and oxygen atoms in total. The van der Waals surface area contributed by atoms with Gasteiger partial charge in [0.25, 0.3) is 0 Å². The number of aliphatic hydroxyl groups excluding tert-OH is 1. The average molecular weight is 317 g/mol. The molecule has 2 aromatic rings. The summed E-state index contributed by atoms with van der Waals surface area (Å²) in [5.41, 5.74) is 1.84. The van der Waals surface area contributed by atoms with E-state index in [1.165, 1.54) is 0 Å². The fourth-order valence-electron chi connectivity index (χ4n) is 2.28. The topological polar surface area (TPSA) is 87.4 Å². The van der Waals surface area contributed by atoms with Crippen molar-refractivity contribution >= 4 is 6.03 Å². The number of hydrogen-bond acceptors (Lipinski definition) is 4. The molecule has 0 saturated carbocycles. The Kier molecular flexibility index (Phi) is 6.17. The molecule has 23 heavy (non-hydrogen) atoms. The van der Waals surface area contributed by atoms with Gasteiger partial charge in [-0.1, -0.05) is 30.3 Å². The third kappa shape index (κ3) is 5.10. The number of aromatic nitrogens is 1. The van der Waals surface area contributed by atoms with Crippen molar-refractivity contribution < 1.29 is 14.3 Å². The number of carbonyl (C=O) groups is 1. The number of aryl methyl sites for hydroxylation is 2. The summed E-state index contributed by atoms with van der Waals surface area (Å²) in [6.07, 6.45) is 1.29. The highest BCUT2D eigenvalue weighted by Gasteiger charge is 2.14. The molecule has 1 unspecified atom stereocenters. The third-order valence-corrected chi connectivity index (χ3v) is 3.63. The molecule has 0 aliphatic carbocycles. The first-order valence-corrected chi connectivity index (χ1v) is 7.73. The van der Waals surface area contributed by atoms with Crippen molar-refractivity contribution in [2.24, 2.45) is 0 Å². The number of nitrogens with one attached hydrogen (secondary N) is 2. The van der Waals surface area contributed by atoms with Crippen LogP contribution in [-0.4, -0.2) is 22.7 Å². The van der Waals surface area contributed by atoms with Crippen LogP contribution in [0, 0.1) is 13.8 Å². The summed E-state index contributed by atoms with van der Waals surface area (Å²) in [4.78, 5) is 16.3. The van der Waals surface area contributed by atoms with Gasteiger partial charge in [0.1, 0.15) is 5.76 Å². The molecule has 0 spiro atoms. The summed E-state index contributed by atoms with van der Waals surface area (Å²) in [6.45, 7) is 4.04. The molecule has 0 saturated heterocycles. The van der Waals surface area contributed by atoms with Gasteiger partial charge in [-0.25, -0.2) is 9.78 Å². The molecule has 0 aliphatic rings. The van der Waals surface area contributed by atoms with Gasteiger partial charge in [-0.2, -0.15) is 0 Å². The smallest absolute Gasteiger partial charge is 0.315 e. The molecule has 1 atom stereocenters. The zero-order chi connectivity index (χ0) is 16.7. The summed E-state index contributed by atoms with van der Waals surface area (Å²) >= 11 is 0. The zero-order valence-corrected chi connectivity index (χ0v) is 13.5. The lowest BCUT2D eigenvalue weighted by atomic mass is 10.0. The number of rotatable bonds is 7. The van der Waals surface area contributed by atoms with Crippen LogP contribution >= 0.6 is 0 Å². The SMILES string of the molecule is Cc1nc(CNC(=O)NC(CCCO)c2ccccc2)oc1C. The lowest BCUT2D eigenvalue weighted by Crippen LogP contribution is -2.37. The average Bonchev–Trinajstić information content (AvgIpc) is 2.88. The molecule has 0 aliphatic heterocycles. The molecular formula is C17H23N3O3. The van der Waals surface area contributed by atoms with Gasteiger partial charge in [0, 0.05) is 6.61 Å². The van der Waals surface area contributed by atoms with E-state index in [1.54, 1.807) is 0 Å². The van der Waals surface area contributed by atoms with E-state index in [-0.39, 0.29) is 25.2 Å². The minimum absolute atomic E-state index is 0.0987. The number of carbonyl (C=O) groups excluding carboxylic acids is 1. The van der Waals surface area contributed by atoms with Crippen molar-refractivity contribution in [2.45, 2.75) is 39.3 Å². The number of benzene rings is 1. The number of nitrogens with zero attached hydrogens (tertiary/aromatic N) is 1. The van der Waals surface area contributed by atoms with Crippen LogP contribution in [0.2, 0.25) is 0 Å². The predicted molar refractivity (Wildman–Crippen MR) is 86.9 cm³/mol. The second-order valence-electron chi connectivity index (χ2n) is 5.41. The van der Waals surface area contributed by atoms with Crippen molar-refractivity contribution in [3.05, 3.63) is 53.2 Å². The number of aliphatic hydroxyl groups is 1. The van der Waals surface area contributed by atoms with E-state index in [1.807, 2.05) is 44.2 Å². The Labute approximate surface area is 135 Å². The van der Waals surface area contributed by atoms with Crippen molar-refractivity contribution in [1.29, 1.82) is 0 Å². The van der Waals surface area contributed by atoms with E-state index in [9.17, 15) is 4.79 Å². The molecule has 3 N–H and O–H groups in total. The monoisotopic (exact) mass is 317 g/mol. The third-order valence-electron chi connectivity index (χ3n) is 3.63. The minimum Gasteiger partial charge on any atom is -0.444 e. The van der Waals surface area contributed by atoms with Crippen molar-refractivity contribution in [1.82, 2.24) is 15.6 Å². The molecule has 1 aromatic carbocycles. The Hall–Kier alpha value is -2.34. The number of urea groups is 1. The first-order valence-electron chi connectivity index (χ1n) is 7.73. The first-order chi connectivity index (χ1) is 11.1. The maximum absolute atomic E-state index is 12.1. The molecular weight excluding hydrogens is 294 g/mol. The van der Waals surface area contributed by atoms with Crippen LogP contribution in [0.1, 0.15) is 41.8 Å². The molecule has 2 amide bonds. The van der Waals surface area contributed by atoms with Gasteiger partial charge >= 0.3 is 6.03 Å². The van der Waals surface area contributed by atoms with Gasteiger partial charge in [0.15, 0.2) is 0 Å². The summed E-state index contributed by atoms with van der Waals surface area (Å²) in [7, 11) is 0. The van der Waals surface area contributed by atoms with Crippen LogP contribution in [0.15, 0.2) is 34.7 Å².